The SMILES string of the molecule is O=C1NCC2=C1CCC=C2. The van der Waals surface area contributed by atoms with Crippen molar-refractivity contribution in [2.45, 2.75) is 12.8 Å². The minimum Gasteiger partial charge on any atom is -0.348 e. The topological polar surface area (TPSA) is 29.1 Å². The van der Waals surface area contributed by atoms with Crippen LogP contribution in [0.3, 0.4) is 0 Å². The fourth-order valence-corrected chi connectivity index (χ4v) is 1.42. The van der Waals surface area contributed by atoms with E-state index in [1.807, 2.05) is 0 Å². The second-order valence-corrected chi connectivity index (χ2v) is 2.63. The molecule has 0 atom stereocenters. The summed E-state index contributed by atoms with van der Waals surface area (Å²) in [6.45, 7) is 0.741. The molecule has 1 heterocycles. The van der Waals surface area contributed by atoms with Gasteiger partial charge in [-0.05, 0) is 18.4 Å². The summed E-state index contributed by atoms with van der Waals surface area (Å²) < 4.78 is 0. The molecule has 2 aliphatic rings. The van der Waals surface area contributed by atoms with E-state index in [2.05, 4.69) is 17.5 Å². The van der Waals surface area contributed by atoms with Crippen molar-refractivity contribution < 1.29 is 4.79 Å². The first-order chi connectivity index (χ1) is 4.88. The van der Waals surface area contributed by atoms with Gasteiger partial charge in [0.05, 0.1) is 0 Å². The molecule has 0 saturated carbocycles. The van der Waals surface area contributed by atoms with Gasteiger partial charge in [-0.15, -0.1) is 0 Å². The van der Waals surface area contributed by atoms with Crippen LogP contribution in [0.1, 0.15) is 12.8 Å². The van der Waals surface area contributed by atoms with E-state index in [1.165, 1.54) is 5.57 Å². The Balaban J connectivity index is 2.38. The van der Waals surface area contributed by atoms with Crippen LogP contribution in [0.2, 0.25) is 0 Å². The fraction of sp³-hybridized carbons (Fsp3) is 0.375. The van der Waals surface area contributed by atoms with Crippen molar-refractivity contribution in [1.82, 2.24) is 5.32 Å². The molecule has 1 aliphatic heterocycles. The van der Waals surface area contributed by atoms with Crippen LogP contribution in [0.5, 0.6) is 0 Å². The highest BCUT2D eigenvalue weighted by Crippen LogP contribution is 2.21. The summed E-state index contributed by atoms with van der Waals surface area (Å²) in [6, 6.07) is 0. The molecular formula is C8H9NO. The zero-order valence-corrected chi connectivity index (χ0v) is 5.68. The number of carbonyl (C=O) groups excluding carboxylic acids is 1. The Bertz CT molecular complexity index is 238. The van der Waals surface area contributed by atoms with Crippen LogP contribution in [0.25, 0.3) is 0 Å². The molecule has 0 aromatic carbocycles. The predicted molar refractivity (Wildman–Crippen MR) is 38.4 cm³/mol. The monoisotopic (exact) mass is 135 g/mol. The van der Waals surface area contributed by atoms with E-state index < -0.39 is 0 Å². The zero-order valence-electron chi connectivity index (χ0n) is 5.68. The maximum absolute atomic E-state index is 11.0. The van der Waals surface area contributed by atoms with Gasteiger partial charge in [0.25, 0.3) is 0 Å². The van der Waals surface area contributed by atoms with Gasteiger partial charge in [0.2, 0.25) is 5.91 Å². The fourth-order valence-electron chi connectivity index (χ4n) is 1.42. The van der Waals surface area contributed by atoms with Gasteiger partial charge in [0, 0.05) is 12.1 Å². The summed E-state index contributed by atoms with van der Waals surface area (Å²) in [7, 11) is 0. The van der Waals surface area contributed by atoms with Crippen LogP contribution in [0.15, 0.2) is 23.3 Å². The minimum atomic E-state index is 0.138. The van der Waals surface area contributed by atoms with Crippen molar-refractivity contribution in [1.29, 1.82) is 0 Å². The average molecular weight is 135 g/mol. The quantitative estimate of drug-likeness (QED) is 0.522. The summed E-state index contributed by atoms with van der Waals surface area (Å²) >= 11 is 0. The Morgan fingerprint density at radius 3 is 3.20 bits per heavy atom. The number of hydrogen-bond acceptors (Lipinski definition) is 1. The highest BCUT2D eigenvalue weighted by Gasteiger charge is 2.21. The molecule has 1 amide bonds. The molecule has 1 aliphatic carbocycles. The lowest BCUT2D eigenvalue weighted by atomic mass is 10.0. The molecule has 10 heavy (non-hydrogen) atoms. The third kappa shape index (κ3) is 0.685. The molecule has 0 radical (unpaired) electrons. The second-order valence-electron chi connectivity index (χ2n) is 2.63. The summed E-state index contributed by atoms with van der Waals surface area (Å²) in [4.78, 5) is 11.0. The maximum atomic E-state index is 11.0. The van der Waals surface area contributed by atoms with Crippen molar-refractivity contribution >= 4 is 5.91 Å². The van der Waals surface area contributed by atoms with Gasteiger partial charge >= 0.3 is 0 Å². The first-order valence-electron chi connectivity index (χ1n) is 3.55. The standard InChI is InChI=1S/C8H9NO/c10-8-7-4-2-1-3-6(7)5-9-8/h1,3H,2,4-5H2,(H,9,10). The van der Waals surface area contributed by atoms with Crippen molar-refractivity contribution in [2.24, 2.45) is 0 Å². The summed E-state index contributed by atoms with van der Waals surface area (Å²) in [5.41, 5.74) is 2.19. The molecule has 0 unspecified atom stereocenters. The lowest BCUT2D eigenvalue weighted by molar-refractivity contribution is -0.116. The molecular weight excluding hydrogens is 126 g/mol. The predicted octanol–water partition coefficient (Wildman–Crippen LogP) is 0.763. The van der Waals surface area contributed by atoms with E-state index in [1.54, 1.807) is 0 Å². The van der Waals surface area contributed by atoms with Gasteiger partial charge in [-0.25, -0.2) is 0 Å². The average Bonchev–Trinajstić information content (AvgIpc) is 2.34. The number of amides is 1. The van der Waals surface area contributed by atoms with Crippen LogP contribution >= 0.6 is 0 Å². The van der Waals surface area contributed by atoms with Crippen LogP contribution in [0.4, 0.5) is 0 Å². The van der Waals surface area contributed by atoms with Crippen LogP contribution < -0.4 is 5.32 Å². The highest BCUT2D eigenvalue weighted by atomic mass is 16.1. The molecule has 0 aromatic rings. The summed E-state index contributed by atoms with van der Waals surface area (Å²) in [5.74, 6) is 0.138. The van der Waals surface area contributed by atoms with Crippen LogP contribution in [0, 0.1) is 0 Å². The van der Waals surface area contributed by atoms with Gasteiger partial charge in [-0.1, -0.05) is 12.2 Å². The maximum Gasteiger partial charge on any atom is 0.247 e. The third-order valence-corrected chi connectivity index (χ3v) is 1.98. The van der Waals surface area contributed by atoms with E-state index in [9.17, 15) is 4.79 Å². The Kier molecular flexibility index (Phi) is 1.13. The first kappa shape index (κ1) is 5.71. The normalized spacial score (nSPS) is 23.0. The summed E-state index contributed by atoms with van der Waals surface area (Å²) in [6.07, 6.45) is 6.12. The Morgan fingerprint density at radius 2 is 2.40 bits per heavy atom. The lowest BCUT2D eigenvalue weighted by Crippen LogP contribution is -2.17. The largest absolute Gasteiger partial charge is 0.348 e. The molecule has 1 N–H and O–H groups in total. The van der Waals surface area contributed by atoms with Gasteiger partial charge in [0.1, 0.15) is 0 Å². The lowest BCUT2D eigenvalue weighted by Gasteiger charge is -2.02. The number of nitrogens with one attached hydrogen (secondary N) is 1. The molecule has 52 valence electrons. The van der Waals surface area contributed by atoms with Crippen molar-refractivity contribution in [3.05, 3.63) is 23.3 Å². The van der Waals surface area contributed by atoms with Crippen molar-refractivity contribution in [3.63, 3.8) is 0 Å². The zero-order chi connectivity index (χ0) is 6.97. The van der Waals surface area contributed by atoms with Gasteiger partial charge in [-0.2, -0.15) is 0 Å². The number of carbonyl (C=O) groups is 1. The Morgan fingerprint density at radius 1 is 1.50 bits per heavy atom. The molecule has 2 nitrogen and oxygen atoms in total. The number of rotatable bonds is 0. The Hall–Kier alpha value is -1.05. The van der Waals surface area contributed by atoms with E-state index in [4.69, 9.17) is 0 Å². The highest BCUT2D eigenvalue weighted by molar-refractivity contribution is 5.97. The second kappa shape index (κ2) is 1.97. The van der Waals surface area contributed by atoms with Crippen molar-refractivity contribution in [3.8, 4) is 0 Å². The third-order valence-electron chi connectivity index (χ3n) is 1.98. The van der Waals surface area contributed by atoms with Gasteiger partial charge < -0.3 is 5.32 Å². The van der Waals surface area contributed by atoms with E-state index >= 15 is 0 Å². The molecule has 0 saturated heterocycles. The minimum absolute atomic E-state index is 0.138. The van der Waals surface area contributed by atoms with E-state index in [0.29, 0.717) is 0 Å². The molecule has 0 spiro atoms. The molecule has 2 heteroatoms. The molecule has 0 aromatic heterocycles. The summed E-state index contributed by atoms with van der Waals surface area (Å²) in [5, 5.41) is 2.80. The molecule has 0 bridgehead atoms. The Labute approximate surface area is 59.6 Å². The molecule has 2 rings (SSSR count). The van der Waals surface area contributed by atoms with Crippen LogP contribution in [-0.4, -0.2) is 12.5 Å². The van der Waals surface area contributed by atoms with E-state index in [0.717, 1.165) is 25.0 Å². The smallest absolute Gasteiger partial charge is 0.247 e. The number of allylic oxidation sites excluding steroid dienone is 1. The van der Waals surface area contributed by atoms with E-state index in [-0.39, 0.29) is 5.91 Å². The van der Waals surface area contributed by atoms with Gasteiger partial charge in [-0.3, -0.25) is 4.79 Å². The van der Waals surface area contributed by atoms with Gasteiger partial charge in [0.15, 0.2) is 0 Å². The van der Waals surface area contributed by atoms with Crippen molar-refractivity contribution in [2.75, 3.05) is 6.54 Å². The van der Waals surface area contributed by atoms with Crippen LogP contribution in [-0.2, 0) is 4.79 Å². The molecule has 0 fully saturated rings. The first-order valence-corrected chi connectivity index (χ1v) is 3.55. The number of hydrogen-bond donors (Lipinski definition) is 1.